The average Bonchev–Trinajstić information content (AvgIpc) is 2.70. The monoisotopic (exact) mass is 415 g/mol. The van der Waals surface area contributed by atoms with Crippen molar-refractivity contribution in [2.45, 2.75) is 0 Å². The summed E-state index contributed by atoms with van der Waals surface area (Å²) in [5.74, 6) is -0.835. The third kappa shape index (κ3) is 3.45. The van der Waals surface area contributed by atoms with E-state index in [1.54, 1.807) is 23.7 Å². The Kier molecular flexibility index (Phi) is 4.69. The van der Waals surface area contributed by atoms with E-state index in [1.807, 2.05) is 0 Å². The Morgan fingerprint density at radius 2 is 2.00 bits per heavy atom. The summed E-state index contributed by atoms with van der Waals surface area (Å²) in [7, 11) is 1.74. The fourth-order valence-electron chi connectivity index (χ4n) is 1.60. The van der Waals surface area contributed by atoms with Gasteiger partial charge >= 0.3 is 0 Å². The molecule has 0 aliphatic carbocycles. The van der Waals surface area contributed by atoms with E-state index in [1.165, 1.54) is 18.3 Å². The standard InChI is InChI=1S/C13H11Br2N3O3/c1-18-9(5-8(14)12(18)15)13(21)17-16-6-7-2-3-10(19)11(20)4-7/h2-6,19-20H,1H3,(H,17,21)/b16-6+. The Morgan fingerprint density at radius 1 is 1.29 bits per heavy atom. The molecule has 0 saturated carbocycles. The molecule has 110 valence electrons. The van der Waals surface area contributed by atoms with Crippen molar-refractivity contribution in [2.24, 2.45) is 12.1 Å². The minimum absolute atomic E-state index is 0.213. The number of hydrogen-bond donors (Lipinski definition) is 3. The van der Waals surface area contributed by atoms with E-state index in [0.29, 0.717) is 11.3 Å². The van der Waals surface area contributed by atoms with Gasteiger partial charge in [0.1, 0.15) is 5.69 Å². The molecule has 0 bridgehead atoms. The Hall–Kier alpha value is -1.80. The van der Waals surface area contributed by atoms with E-state index in [-0.39, 0.29) is 17.4 Å². The van der Waals surface area contributed by atoms with Gasteiger partial charge in [-0.3, -0.25) is 4.79 Å². The number of phenols is 2. The summed E-state index contributed by atoms with van der Waals surface area (Å²) in [5, 5.41) is 22.3. The first kappa shape index (κ1) is 15.6. The Labute approximate surface area is 137 Å². The fourth-order valence-corrected chi connectivity index (χ4v) is 2.39. The van der Waals surface area contributed by atoms with Crippen LogP contribution in [0.25, 0.3) is 0 Å². The number of aromatic hydroxyl groups is 2. The van der Waals surface area contributed by atoms with Crippen molar-refractivity contribution in [3.63, 3.8) is 0 Å². The largest absolute Gasteiger partial charge is 0.504 e. The van der Waals surface area contributed by atoms with Crippen LogP contribution in [-0.4, -0.2) is 26.9 Å². The van der Waals surface area contributed by atoms with Crippen LogP contribution in [0.3, 0.4) is 0 Å². The minimum Gasteiger partial charge on any atom is -0.504 e. The van der Waals surface area contributed by atoms with Crippen molar-refractivity contribution < 1.29 is 15.0 Å². The van der Waals surface area contributed by atoms with E-state index in [9.17, 15) is 15.0 Å². The number of benzene rings is 1. The molecule has 6 nitrogen and oxygen atoms in total. The number of aromatic nitrogens is 1. The van der Waals surface area contributed by atoms with Crippen molar-refractivity contribution in [1.82, 2.24) is 9.99 Å². The first-order chi connectivity index (χ1) is 9.90. The topological polar surface area (TPSA) is 86.9 Å². The zero-order valence-corrected chi connectivity index (χ0v) is 14.0. The molecular weight excluding hydrogens is 406 g/mol. The lowest BCUT2D eigenvalue weighted by Crippen LogP contribution is -2.20. The summed E-state index contributed by atoms with van der Waals surface area (Å²) in [6, 6.07) is 5.90. The SMILES string of the molecule is Cn1c(C(=O)N/N=C/c2ccc(O)c(O)c2)cc(Br)c1Br. The first-order valence-corrected chi connectivity index (χ1v) is 7.35. The Morgan fingerprint density at radius 3 is 2.57 bits per heavy atom. The highest BCUT2D eigenvalue weighted by Crippen LogP contribution is 2.26. The van der Waals surface area contributed by atoms with Crippen molar-refractivity contribution >= 4 is 44.0 Å². The lowest BCUT2D eigenvalue weighted by Gasteiger charge is -2.02. The lowest BCUT2D eigenvalue weighted by atomic mass is 10.2. The van der Waals surface area contributed by atoms with Crippen molar-refractivity contribution in [3.8, 4) is 11.5 Å². The van der Waals surface area contributed by atoms with Crippen molar-refractivity contribution in [1.29, 1.82) is 0 Å². The molecule has 0 atom stereocenters. The number of carbonyl (C=O) groups is 1. The lowest BCUT2D eigenvalue weighted by molar-refractivity contribution is 0.0947. The number of phenolic OH excluding ortho intramolecular Hbond substituents is 2. The molecule has 0 radical (unpaired) electrons. The molecule has 0 fully saturated rings. The number of halogens is 2. The molecule has 21 heavy (non-hydrogen) atoms. The molecule has 0 spiro atoms. The van der Waals surface area contributed by atoms with Crippen LogP contribution in [0.15, 0.2) is 38.4 Å². The van der Waals surface area contributed by atoms with Gasteiger partial charge in [-0.25, -0.2) is 5.43 Å². The van der Waals surface area contributed by atoms with Crippen LogP contribution in [0.2, 0.25) is 0 Å². The third-order valence-electron chi connectivity index (χ3n) is 2.73. The highest BCUT2D eigenvalue weighted by Gasteiger charge is 2.14. The second kappa shape index (κ2) is 6.31. The highest BCUT2D eigenvalue weighted by atomic mass is 79.9. The molecule has 8 heteroatoms. The van der Waals surface area contributed by atoms with Gasteiger partial charge in [0.25, 0.3) is 5.91 Å². The summed E-state index contributed by atoms with van der Waals surface area (Å²) in [6.07, 6.45) is 1.37. The molecule has 1 amide bonds. The van der Waals surface area contributed by atoms with Gasteiger partial charge in [0.15, 0.2) is 11.5 Å². The number of nitrogens with one attached hydrogen (secondary N) is 1. The maximum absolute atomic E-state index is 12.0. The quantitative estimate of drug-likeness (QED) is 0.408. The smallest absolute Gasteiger partial charge is 0.288 e. The molecule has 1 aromatic carbocycles. The predicted octanol–water partition coefficient (Wildman–Crippen LogP) is 2.73. The average molecular weight is 417 g/mol. The van der Waals surface area contributed by atoms with Crippen LogP contribution in [0, 0.1) is 0 Å². The number of amides is 1. The van der Waals surface area contributed by atoms with E-state index in [0.717, 1.165) is 9.08 Å². The van der Waals surface area contributed by atoms with Crippen LogP contribution >= 0.6 is 31.9 Å². The zero-order chi connectivity index (χ0) is 15.6. The highest BCUT2D eigenvalue weighted by molar-refractivity contribution is 9.13. The summed E-state index contributed by atoms with van der Waals surface area (Å²) in [5.41, 5.74) is 3.36. The zero-order valence-electron chi connectivity index (χ0n) is 10.8. The number of rotatable bonds is 3. The summed E-state index contributed by atoms with van der Waals surface area (Å²) >= 11 is 6.65. The minimum atomic E-state index is -0.372. The molecule has 0 saturated heterocycles. The number of nitrogens with zero attached hydrogens (tertiary/aromatic N) is 2. The third-order valence-corrected chi connectivity index (χ3v) is 4.82. The van der Waals surface area contributed by atoms with Gasteiger partial charge in [-0.15, -0.1) is 0 Å². The number of hydrazone groups is 1. The van der Waals surface area contributed by atoms with Gasteiger partial charge in [-0.2, -0.15) is 5.10 Å². The second-order valence-electron chi connectivity index (χ2n) is 4.17. The molecule has 0 unspecified atom stereocenters. The van der Waals surface area contributed by atoms with Crippen molar-refractivity contribution in [3.05, 3.63) is 44.6 Å². The summed E-state index contributed by atoms with van der Waals surface area (Å²) < 4.78 is 3.18. The van der Waals surface area contributed by atoms with Crippen LogP contribution in [0.5, 0.6) is 11.5 Å². The second-order valence-corrected chi connectivity index (χ2v) is 5.78. The van der Waals surface area contributed by atoms with Crippen LogP contribution in [-0.2, 0) is 7.05 Å². The van der Waals surface area contributed by atoms with Gasteiger partial charge in [0.2, 0.25) is 0 Å². The van der Waals surface area contributed by atoms with E-state index in [2.05, 4.69) is 42.4 Å². The summed E-state index contributed by atoms with van der Waals surface area (Å²) in [6.45, 7) is 0. The molecule has 0 aliphatic heterocycles. The van der Waals surface area contributed by atoms with Gasteiger partial charge in [-0.05, 0) is 61.7 Å². The summed E-state index contributed by atoms with van der Waals surface area (Å²) in [4.78, 5) is 12.0. The van der Waals surface area contributed by atoms with Crippen LogP contribution < -0.4 is 5.43 Å². The molecule has 1 heterocycles. The first-order valence-electron chi connectivity index (χ1n) is 5.76. The van der Waals surface area contributed by atoms with Gasteiger partial charge in [0, 0.05) is 7.05 Å². The van der Waals surface area contributed by atoms with E-state index < -0.39 is 0 Å². The van der Waals surface area contributed by atoms with Crippen LogP contribution in [0.1, 0.15) is 16.1 Å². The maximum Gasteiger partial charge on any atom is 0.288 e. The Balaban J connectivity index is 2.08. The van der Waals surface area contributed by atoms with E-state index in [4.69, 9.17) is 0 Å². The normalized spacial score (nSPS) is 11.0. The molecule has 1 aromatic heterocycles. The molecule has 0 aliphatic rings. The molecule has 2 rings (SSSR count). The van der Waals surface area contributed by atoms with Gasteiger partial charge < -0.3 is 14.8 Å². The maximum atomic E-state index is 12.0. The van der Waals surface area contributed by atoms with E-state index >= 15 is 0 Å². The van der Waals surface area contributed by atoms with Crippen LogP contribution in [0.4, 0.5) is 0 Å². The van der Waals surface area contributed by atoms with Gasteiger partial charge in [0.05, 0.1) is 15.3 Å². The fraction of sp³-hybridized carbons (Fsp3) is 0.0769. The molecule has 2 aromatic rings. The molecular formula is C13H11Br2N3O3. The molecule has 3 N–H and O–H groups in total. The Bertz CT molecular complexity index is 726. The van der Waals surface area contributed by atoms with Gasteiger partial charge in [-0.1, -0.05) is 0 Å². The number of carbonyl (C=O) groups excluding carboxylic acids is 1. The van der Waals surface area contributed by atoms with Crippen molar-refractivity contribution in [2.75, 3.05) is 0 Å². The predicted molar refractivity (Wildman–Crippen MR) is 85.6 cm³/mol. The number of hydrogen-bond acceptors (Lipinski definition) is 4.